The molecule has 25 nitrogen and oxygen atoms in total. The summed E-state index contributed by atoms with van der Waals surface area (Å²) in [7, 11) is 0. The zero-order chi connectivity index (χ0) is 64.7. The van der Waals surface area contributed by atoms with Crippen molar-refractivity contribution in [3.63, 3.8) is 0 Å². The lowest BCUT2D eigenvalue weighted by atomic mass is 9.80. The molecular formula is C63H75FN10O15. The average Bonchev–Trinajstić information content (AvgIpc) is 1.67. The molecule has 4 aromatic rings. The first-order valence-corrected chi connectivity index (χ1v) is 29.7. The number of aliphatic hydroxyl groups is 1. The lowest BCUT2D eigenvalue weighted by Crippen LogP contribution is -2.53. The number of nitrogens with zero attached hydrogens (tertiary/aromatic N) is 3. The number of aryl methyl sites for hydroxylation is 1. The van der Waals surface area contributed by atoms with E-state index < -0.39 is 131 Å². The van der Waals surface area contributed by atoms with Crippen LogP contribution >= 0.6 is 0 Å². The average molecular weight is 1230 g/mol. The summed E-state index contributed by atoms with van der Waals surface area (Å²) in [6, 6.07) is 8.29. The van der Waals surface area contributed by atoms with Crippen LogP contribution in [0.25, 0.3) is 22.3 Å². The van der Waals surface area contributed by atoms with Crippen LogP contribution in [0.2, 0.25) is 0 Å². The summed E-state index contributed by atoms with van der Waals surface area (Å²) in [5, 5.41) is 30.4. The molecule has 9 amide bonds. The van der Waals surface area contributed by atoms with Gasteiger partial charge in [-0.1, -0.05) is 57.5 Å². The van der Waals surface area contributed by atoms with E-state index in [4.69, 9.17) is 14.5 Å². The van der Waals surface area contributed by atoms with Crippen LogP contribution in [-0.2, 0) is 93.8 Å². The SMILES string of the molecule is CC[C@@]1(O)C(=O)OCc2c1cc1n(c2=O)Cc2c-1nc1cc(F)c(C)c3c1c2[C@@H](NC(=O)C(C)(C)CCNC(=O)CNC(=O)[C@H](Cc1ccccc1)NC(=O)CNC(=O)CNC(=O)[C@H](CC(=O)OC(C)(C)C)NC(=O)CCCCCN1C(=O)C=CC1=O)CC3. The Kier molecular flexibility index (Phi) is 20.3. The standard InChI is InChI=1S/C63H75FN10O15/c1-8-63(87)39-26-45-55-37(32-74(45)58(84)38(39)33-88-60(63)86)54-41(19-18-36-34(2)40(64)27-42(71-55)53(36)54)72-59(85)62(6,7)22-23-65-47(76)29-67-56(82)43(25-35-15-11-9-12-16-35)70-49(78)31-66-48(77)30-68-57(83)44(28-52(81)89-61(3,4)5)69-46(75)17-13-10-14-24-73-50(79)20-21-51(73)80/h9,11-12,15-16,20-21,26-27,41,43-44,87H,8,10,13-14,17-19,22-25,28-33H2,1-7H3,(H,65,76)(H,66,77)(H,67,82)(H,68,83)(H,69,75)(H,70,78)(H,72,85)/t41-,43-,44-,63-/m0/s1. The van der Waals surface area contributed by atoms with Crippen molar-refractivity contribution in [2.45, 2.75) is 155 Å². The molecule has 0 fully saturated rings. The van der Waals surface area contributed by atoms with Crippen molar-refractivity contribution in [3.8, 4) is 11.4 Å². The lowest BCUT2D eigenvalue weighted by Gasteiger charge is -2.33. The van der Waals surface area contributed by atoms with Crippen LogP contribution in [0.1, 0.15) is 138 Å². The van der Waals surface area contributed by atoms with Gasteiger partial charge in [0, 0.05) is 66.1 Å². The fourth-order valence-electron chi connectivity index (χ4n) is 11.3. The molecule has 2 aromatic carbocycles. The fraction of sp³-hybridized carbons (Fsp3) is 0.476. The summed E-state index contributed by atoms with van der Waals surface area (Å²) >= 11 is 0. The highest BCUT2D eigenvalue weighted by Crippen LogP contribution is 2.46. The quantitative estimate of drug-likeness (QED) is 0.0223. The predicted octanol–water partition coefficient (Wildman–Crippen LogP) is 1.94. The number of ether oxygens (including phenoxy) is 2. The van der Waals surface area contributed by atoms with E-state index in [1.807, 2.05) is 0 Å². The number of carbonyl (C=O) groups is 11. The molecule has 0 saturated carbocycles. The van der Waals surface area contributed by atoms with Crippen molar-refractivity contribution in [2.75, 3.05) is 32.7 Å². The molecule has 26 heteroatoms. The largest absolute Gasteiger partial charge is 0.460 e. The maximum absolute atomic E-state index is 15.5. The summed E-state index contributed by atoms with van der Waals surface area (Å²) in [4.78, 5) is 163. The summed E-state index contributed by atoms with van der Waals surface area (Å²) in [6.07, 6.45) is 3.84. The number of nitrogens with one attached hydrogen (secondary N) is 7. The Morgan fingerprint density at radius 2 is 1.46 bits per heavy atom. The van der Waals surface area contributed by atoms with Crippen LogP contribution in [0.5, 0.6) is 0 Å². The Labute approximate surface area is 512 Å². The maximum atomic E-state index is 15.5. The predicted molar refractivity (Wildman–Crippen MR) is 318 cm³/mol. The molecule has 8 rings (SSSR count). The highest BCUT2D eigenvalue weighted by molar-refractivity contribution is 6.13. The molecule has 4 atom stereocenters. The maximum Gasteiger partial charge on any atom is 0.343 e. The minimum atomic E-state index is -2.06. The molecule has 1 aliphatic carbocycles. The molecule has 4 aliphatic rings. The van der Waals surface area contributed by atoms with E-state index in [1.54, 1.807) is 84.9 Å². The number of hydrogen-bond acceptors (Lipinski definition) is 16. The summed E-state index contributed by atoms with van der Waals surface area (Å²) in [6.45, 7) is 9.65. The molecule has 0 spiro atoms. The van der Waals surface area contributed by atoms with Crippen molar-refractivity contribution in [2.24, 2.45) is 5.41 Å². The van der Waals surface area contributed by atoms with Gasteiger partial charge in [-0.3, -0.25) is 57.6 Å². The monoisotopic (exact) mass is 1230 g/mol. The van der Waals surface area contributed by atoms with E-state index in [-0.39, 0.29) is 69.0 Å². The third-order valence-corrected chi connectivity index (χ3v) is 16.2. The zero-order valence-electron chi connectivity index (χ0n) is 50.8. The van der Waals surface area contributed by atoms with Crippen molar-refractivity contribution in [1.29, 1.82) is 0 Å². The van der Waals surface area contributed by atoms with Gasteiger partial charge in [-0.25, -0.2) is 14.2 Å². The van der Waals surface area contributed by atoms with Crippen LogP contribution in [0, 0.1) is 18.2 Å². The molecule has 0 bridgehead atoms. The van der Waals surface area contributed by atoms with Crippen LogP contribution in [0.4, 0.5) is 4.39 Å². The summed E-state index contributed by atoms with van der Waals surface area (Å²) < 4.78 is 27.6. The van der Waals surface area contributed by atoms with Gasteiger partial charge < -0.3 is 56.4 Å². The number of fused-ring (bicyclic) bond motifs is 5. The first-order valence-electron chi connectivity index (χ1n) is 29.7. The van der Waals surface area contributed by atoms with Crippen molar-refractivity contribution in [1.82, 2.24) is 51.7 Å². The molecule has 8 N–H and O–H groups in total. The molecule has 89 heavy (non-hydrogen) atoms. The van der Waals surface area contributed by atoms with Crippen LogP contribution in [0.3, 0.4) is 0 Å². The molecule has 0 unspecified atom stereocenters. The van der Waals surface area contributed by atoms with Gasteiger partial charge in [-0.2, -0.15) is 0 Å². The summed E-state index contributed by atoms with van der Waals surface area (Å²) in [5.41, 5.74) is -0.125. The third-order valence-electron chi connectivity index (χ3n) is 16.2. The van der Waals surface area contributed by atoms with Gasteiger partial charge in [0.1, 0.15) is 30.1 Å². The Balaban J connectivity index is 0.827. The topological polar surface area (TPSA) is 349 Å². The Morgan fingerprint density at radius 3 is 2.13 bits per heavy atom. The Bertz CT molecular complexity index is 3610. The number of hydrogen-bond donors (Lipinski definition) is 8. The third kappa shape index (κ3) is 15.4. The smallest absolute Gasteiger partial charge is 0.343 e. The zero-order valence-corrected chi connectivity index (χ0v) is 50.8. The van der Waals surface area contributed by atoms with Crippen LogP contribution < -0.4 is 42.8 Å². The number of cyclic esters (lactones) is 1. The molecule has 2 aromatic heterocycles. The first kappa shape index (κ1) is 65.8. The second-order valence-electron chi connectivity index (χ2n) is 24.3. The number of esters is 2. The van der Waals surface area contributed by atoms with Gasteiger partial charge in [0.15, 0.2) is 5.60 Å². The van der Waals surface area contributed by atoms with E-state index >= 15 is 4.39 Å². The van der Waals surface area contributed by atoms with Crippen molar-refractivity contribution < 1.29 is 71.7 Å². The fourth-order valence-corrected chi connectivity index (χ4v) is 11.3. The molecule has 3 aliphatic heterocycles. The number of aromatic nitrogens is 2. The number of halogens is 1. The normalized spacial score (nSPS) is 17.1. The highest BCUT2D eigenvalue weighted by atomic mass is 19.1. The van der Waals surface area contributed by atoms with E-state index in [0.29, 0.717) is 76.6 Å². The highest BCUT2D eigenvalue weighted by Gasteiger charge is 2.46. The van der Waals surface area contributed by atoms with Gasteiger partial charge in [-0.15, -0.1) is 0 Å². The molecule has 0 saturated heterocycles. The van der Waals surface area contributed by atoms with Crippen LogP contribution in [0.15, 0.2) is 59.4 Å². The number of benzene rings is 2. The van der Waals surface area contributed by atoms with E-state index in [9.17, 15) is 62.6 Å². The van der Waals surface area contributed by atoms with Crippen molar-refractivity contribution in [3.05, 3.63) is 110 Å². The van der Waals surface area contributed by atoms with E-state index in [0.717, 1.165) is 10.5 Å². The first-order chi connectivity index (χ1) is 42.1. The number of amides is 9. The van der Waals surface area contributed by atoms with Gasteiger partial charge in [0.25, 0.3) is 17.4 Å². The van der Waals surface area contributed by atoms with Gasteiger partial charge in [0.05, 0.1) is 61.1 Å². The van der Waals surface area contributed by atoms with Gasteiger partial charge >= 0.3 is 11.9 Å². The number of rotatable bonds is 26. The second-order valence-corrected chi connectivity index (χ2v) is 24.3. The summed E-state index contributed by atoms with van der Waals surface area (Å²) in [5.74, 6) is -7.77. The number of carbonyl (C=O) groups excluding carboxylic acids is 11. The van der Waals surface area contributed by atoms with Crippen molar-refractivity contribution >= 4 is 76.0 Å². The molecule has 5 heterocycles. The van der Waals surface area contributed by atoms with E-state index in [2.05, 4.69) is 37.2 Å². The van der Waals surface area contributed by atoms with E-state index in [1.165, 1.54) is 22.8 Å². The van der Waals surface area contributed by atoms with Crippen LogP contribution in [-0.4, -0.2) is 135 Å². The molecular weight excluding hydrogens is 1160 g/mol. The Hall–Kier alpha value is -9.20. The molecule has 0 radical (unpaired) electrons. The van der Waals surface area contributed by atoms with Gasteiger partial charge in [0.2, 0.25) is 41.4 Å². The number of unbranched alkanes of at least 4 members (excludes halogenated alkanes) is 2. The van der Waals surface area contributed by atoms with Gasteiger partial charge in [-0.05, 0) is 94.5 Å². The minimum absolute atomic E-state index is 0.00722. The minimum Gasteiger partial charge on any atom is -0.460 e. The number of imide groups is 1. The molecule has 474 valence electrons. The second kappa shape index (κ2) is 27.5. The number of pyridine rings is 2. The Morgan fingerprint density at radius 1 is 0.809 bits per heavy atom. The lowest BCUT2D eigenvalue weighted by molar-refractivity contribution is -0.172.